The average Bonchev–Trinajstić information content (AvgIpc) is 3.17. The second-order valence-electron chi connectivity index (χ2n) is 7.38. The van der Waals surface area contributed by atoms with Gasteiger partial charge in [0.25, 0.3) is 5.56 Å². The standard InChI is InChI=1S/C22H20BrFN6O4/c1-29-19-18(20(32)27-22(29)33)30(11-16(31)12-34-17-8-4-14(23)5-9-17)21(26-19)28-25-10-13-2-6-15(24)7-3-13/h2-10,16,31H,11-12H2,1H3,(H,26,28)(H,27,32,33). The first-order valence-electron chi connectivity index (χ1n) is 10.1. The summed E-state index contributed by atoms with van der Waals surface area (Å²) in [4.78, 5) is 31.1. The summed E-state index contributed by atoms with van der Waals surface area (Å²) in [5.74, 6) is 0.328. The van der Waals surface area contributed by atoms with Crippen molar-refractivity contribution in [3.8, 4) is 5.75 Å². The number of rotatable bonds is 8. The highest BCUT2D eigenvalue weighted by atomic mass is 79.9. The van der Waals surface area contributed by atoms with Crippen LogP contribution in [0.3, 0.4) is 0 Å². The van der Waals surface area contributed by atoms with E-state index in [2.05, 4.69) is 36.4 Å². The Balaban J connectivity index is 1.60. The molecule has 176 valence electrons. The molecule has 1 atom stereocenters. The van der Waals surface area contributed by atoms with E-state index < -0.39 is 17.4 Å². The molecule has 0 saturated heterocycles. The van der Waals surface area contributed by atoms with Crippen molar-refractivity contribution in [2.75, 3.05) is 12.0 Å². The number of aliphatic hydroxyl groups is 1. The minimum absolute atomic E-state index is 0.0523. The molecule has 0 fully saturated rings. The first-order valence-corrected chi connectivity index (χ1v) is 10.9. The maximum Gasteiger partial charge on any atom is 0.329 e. The zero-order valence-corrected chi connectivity index (χ0v) is 19.5. The summed E-state index contributed by atoms with van der Waals surface area (Å²) in [5, 5.41) is 14.7. The quantitative estimate of drug-likeness (QED) is 0.237. The maximum atomic E-state index is 13.1. The molecule has 12 heteroatoms. The Labute approximate surface area is 200 Å². The number of aromatic nitrogens is 4. The molecule has 4 aromatic rings. The number of hydrazone groups is 1. The van der Waals surface area contributed by atoms with Crippen molar-refractivity contribution in [3.05, 3.63) is 85.2 Å². The summed E-state index contributed by atoms with van der Waals surface area (Å²) in [7, 11) is 1.47. The molecule has 0 aliphatic rings. The van der Waals surface area contributed by atoms with Crippen molar-refractivity contribution in [1.29, 1.82) is 0 Å². The first-order chi connectivity index (χ1) is 16.3. The van der Waals surface area contributed by atoms with Crippen LogP contribution in [0.25, 0.3) is 11.2 Å². The van der Waals surface area contributed by atoms with E-state index in [9.17, 15) is 19.1 Å². The fourth-order valence-corrected chi connectivity index (χ4v) is 3.46. The lowest BCUT2D eigenvalue weighted by atomic mass is 10.2. The van der Waals surface area contributed by atoms with Gasteiger partial charge in [-0.3, -0.25) is 14.3 Å². The van der Waals surface area contributed by atoms with E-state index >= 15 is 0 Å². The van der Waals surface area contributed by atoms with Gasteiger partial charge >= 0.3 is 5.69 Å². The SMILES string of the molecule is Cn1c(=O)[nH]c(=O)c2c1nc(NN=Cc1ccc(F)cc1)n2CC(O)COc1ccc(Br)cc1. The molecule has 0 bridgehead atoms. The summed E-state index contributed by atoms with van der Waals surface area (Å²) in [6.45, 7) is -0.119. The van der Waals surface area contributed by atoms with Gasteiger partial charge in [-0.25, -0.2) is 14.6 Å². The third-order valence-corrected chi connectivity index (χ3v) is 5.43. The van der Waals surface area contributed by atoms with Gasteiger partial charge in [0.05, 0.1) is 12.8 Å². The number of hydrogen-bond donors (Lipinski definition) is 3. The van der Waals surface area contributed by atoms with Gasteiger partial charge in [0.15, 0.2) is 11.2 Å². The fraction of sp³-hybridized carbons (Fsp3) is 0.182. The van der Waals surface area contributed by atoms with Crippen LogP contribution in [-0.4, -0.2) is 43.1 Å². The lowest BCUT2D eigenvalue weighted by Gasteiger charge is -2.15. The molecule has 0 aliphatic heterocycles. The van der Waals surface area contributed by atoms with Crippen LogP contribution in [0.5, 0.6) is 5.75 Å². The molecule has 2 aromatic carbocycles. The minimum atomic E-state index is -1.01. The van der Waals surface area contributed by atoms with Crippen molar-refractivity contribution in [3.63, 3.8) is 0 Å². The molecule has 2 aromatic heterocycles. The first kappa shape index (κ1) is 23.4. The number of aliphatic hydroxyl groups excluding tert-OH is 1. The van der Waals surface area contributed by atoms with E-state index in [1.807, 2.05) is 12.1 Å². The van der Waals surface area contributed by atoms with Gasteiger partial charge in [-0.05, 0) is 42.0 Å². The largest absolute Gasteiger partial charge is 0.491 e. The molecular formula is C22H20BrFN6O4. The predicted molar refractivity (Wildman–Crippen MR) is 129 cm³/mol. The molecule has 1 unspecified atom stereocenters. The van der Waals surface area contributed by atoms with E-state index in [1.165, 1.54) is 34.5 Å². The summed E-state index contributed by atoms with van der Waals surface area (Å²) in [5.41, 5.74) is 2.29. The molecule has 0 aliphatic carbocycles. The number of hydrogen-bond acceptors (Lipinski definition) is 7. The van der Waals surface area contributed by atoms with E-state index in [1.54, 1.807) is 24.3 Å². The average molecular weight is 531 g/mol. The molecule has 0 radical (unpaired) electrons. The third kappa shape index (κ3) is 5.24. The zero-order chi connectivity index (χ0) is 24.2. The van der Waals surface area contributed by atoms with Crippen LogP contribution in [0.4, 0.5) is 10.3 Å². The van der Waals surface area contributed by atoms with Gasteiger partial charge in [0, 0.05) is 11.5 Å². The Morgan fingerprint density at radius 3 is 2.65 bits per heavy atom. The molecule has 2 heterocycles. The Morgan fingerprint density at radius 1 is 1.24 bits per heavy atom. The fourth-order valence-electron chi connectivity index (χ4n) is 3.20. The molecule has 10 nitrogen and oxygen atoms in total. The molecule has 0 saturated carbocycles. The van der Waals surface area contributed by atoms with Gasteiger partial charge in [-0.2, -0.15) is 10.1 Å². The van der Waals surface area contributed by atoms with Crippen molar-refractivity contribution in [2.24, 2.45) is 12.1 Å². The van der Waals surface area contributed by atoms with E-state index in [0.29, 0.717) is 11.3 Å². The van der Waals surface area contributed by atoms with Gasteiger partial charge in [-0.1, -0.05) is 28.1 Å². The number of ether oxygens (including phenoxy) is 1. The Morgan fingerprint density at radius 2 is 1.94 bits per heavy atom. The van der Waals surface area contributed by atoms with Crippen LogP contribution in [-0.2, 0) is 13.6 Å². The van der Waals surface area contributed by atoms with Crippen LogP contribution in [0, 0.1) is 5.82 Å². The van der Waals surface area contributed by atoms with E-state index in [0.717, 1.165) is 4.47 Å². The topological polar surface area (TPSA) is 127 Å². The van der Waals surface area contributed by atoms with Gasteiger partial charge in [-0.15, -0.1) is 0 Å². The van der Waals surface area contributed by atoms with Crippen LogP contribution in [0.2, 0.25) is 0 Å². The molecular weight excluding hydrogens is 511 g/mol. The van der Waals surface area contributed by atoms with Gasteiger partial charge in [0.1, 0.15) is 24.3 Å². The summed E-state index contributed by atoms with van der Waals surface area (Å²) in [6.07, 6.45) is 0.429. The number of fused-ring (bicyclic) bond motifs is 1. The Bertz CT molecular complexity index is 1440. The molecule has 4 rings (SSSR count). The molecule has 0 amide bonds. The Hall–Kier alpha value is -3.77. The van der Waals surface area contributed by atoms with Crippen LogP contribution in [0.15, 0.2) is 67.7 Å². The minimum Gasteiger partial charge on any atom is -0.491 e. The number of aryl methyl sites for hydroxylation is 1. The number of nitrogens with one attached hydrogen (secondary N) is 2. The normalized spacial score (nSPS) is 12.4. The summed E-state index contributed by atoms with van der Waals surface area (Å²) >= 11 is 3.35. The maximum absolute atomic E-state index is 13.1. The highest BCUT2D eigenvalue weighted by Gasteiger charge is 2.20. The number of H-pyrrole nitrogens is 1. The number of benzene rings is 2. The van der Waals surface area contributed by atoms with Gasteiger partial charge in [0.2, 0.25) is 5.95 Å². The highest BCUT2D eigenvalue weighted by molar-refractivity contribution is 9.10. The molecule has 3 N–H and O–H groups in total. The van der Waals surface area contributed by atoms with Crippen molar-refractivity contribution < 1.29 is 14.2 Å². The van der Waals surface area contributed by atoms with E-state index in [-0.39, 0.29) is 36.1 Å². The monoisotopic (exact) mass is 530 g/mol. The number of nitrogens with zero attached hydrogens (tertiary/aromatic N) is 4. The van der Waals surface area contributed by atoms with Crippen LogP contribution >= 0.6 is 15.9 Å². The Kier molecular flexibility index (Phi) is 6.89. The smallest absolute Gasteiger partial charge is 0.329 e. The zero-order valence-electron chi connectivity index (χ0n) is 17.9. The second-order valence-corrected chi connectivity index (χ2v) is 8.29. The number of imidazole rings is 1. The van der Waals surface area contributed by atoms with Crippen molar-refractivity contribution >= 4 is 39.3 Å². The number of aromatic amines is 1. The molecule has 34 heavy (non-hydrogen) atoms. The summed E-state index contributed by atoms with van der Waals surface area (Å²) in [6, 6.07) is 12.8. The number of anilines is 1. The number of halogens is 2. The van der Waals surface area contributed by atoms with Crippen LogP contribution < -0.4 is 21.4 Å². The van der Waals surface area contributed by atoms with Gasteiger partial charge < -0.3 is 14.4 Å². The van der Waals surface area contributed by atoms with Crippen molar-refractivity contribution in [2.45, 2.75) is 12.6 Å². The highest BCUT2D eigenvalue weighted by Crippen LogP contribution is 2.18. The lowest BCUT2D eigenvalue weighted by Crippen LogP contribution is -2.30. The third-order valence-electron chi connectivity index (χ3n) is 4.90. The summed E-state index contributed by atoms with van der Waals surface area (Å²) < 4.78 is 22.2. The predicted octanol–water partition coefficient (Wildman–Crippen LogP) is 2.21. The van der Waals surface area contributed by atoms with Crippen LogP contribution in [0.1, 0.15) is 5.56 Å². The van der Waals surface area contributed by atoms with E-state index in [4.69, 9.17) is 4.74 Å². The molecule has 0 spiro atoms. The second kappa shape index (κ2) is 10.0. The van der Waals surface area contributed by atoms with Crippen molar-refractivity contribution in [1.82, 2.24) is 19.1 Å². The lowest BCUT2D eigenvalue weighted by molar-refractivity contribution is 0.0938.